The molecule has 0 aromatic carbocycles. The smallest absolute Gasteiger partial charge is 0.0153 e. The van der Waals surface area contributed by atoms with E-state index in [2.05, 4.69) is 24.0 Å². The molecule has 1 heterocycles. The zero-order valence-electron chi connectivity index (χ0n) is 9.35. The lowest BCUT2D eigenvalue weighted by Gasteiger charge is -2.30. The molecule has 1 aliphatic heterocycles. The lowest BCUT2D eigenvalue weighted by atomic mass is 9.98. The summed E-state index contributed by atoms with van der Waals surface area (Å²) in [4.78, 5) is 0. The normalized spacial score (nSPS) is 31.9. The molecule has 2 aliphatic rings. The molecule has 1 saturated heterocycles. The van der Waals surface area contributed by atoms with Crippen LogP contribution in [0.4, 0.5) is 0 Å². The molecule has 0 spiro atoms. The molecule has 14 heavy (non-hydrogen) atoms. The number of nitrogens with one attached hydrogen (secondary N) is 1. The largest absolute Gasteiger partial charge is 0.311 e. The molecule has 82 valence electrons. The van der Waals surface area contributed by atoms with Gasteiger partial charge in [0, 0.05) is 5.54 Å². The third-order valence-corrected chi connectivity index (χ3v) is 5.06. The Kier molecular flexibility index (Phi) is 3.78. The van der Waals surface area contributed by atoms with Crippen molar-refractivity contribution >= 4 is 11.8 Å². The first-order valence-corrected chi connectivity index (χ1v) is 7.27. The molecular formula is C12H23NS. The number of thioether (sulfide) groups is 1. The van der Waals surface area contributed by atoms with Crippen LogP contribution in [0.2, 0.25) is 0 Å². The molecule has 1 nitrogen and oxygen atoms in total. The summed E-state index contributed by atoms with van der Waals surface area (Å²) in [6, 6.07) is 0. The van der Waals surface area contributed by atoms with Gasteiger partial charge in [-0.05, 0) is 56.6 Å². The van der Waals surface area contributed by atoms with Gasteiger partial charge in [-0.25, -0.2) is 0 Å². The summed E-state index contributed by atoms with van der Waals surface area (Å²) in [5, 5.41) is 3.81. The van der Waals surface area contributed by atoms with Gasteiger partial charge in [-0.2, -0.15) is 11.8 Å². The maximum absolute atomic E-state index is 3.81. The minimum atomic E-state index is 0.488. The van der Waals surface area contributed by atoms with Crippen molar-refractivity contribution in [3.8, 4) is 0 Å². The Bertz CT molecular complexity index is 169. The zero-order chi connectivity index (χ0) is 9.86. The molecule has 0 aromatic rings. The highest BCUT2D eigenvalue weighted by Crippen LogP contribution is 2.30. The summed E-state index contributed by atoms with van der Waals surface area (Å²) < 4.78 is 0. The topological polar surface area (TPSA) is 12.0 Å². The van der Waals surface area contributed by atoms with Gasteiger partial charge in [0.2, 0.25) is 0 Å². The van der Waals surface area contributed by atoms with E-state index in [0.29, 0.717) is 5.54 Å². The summed E-state index contributed by atoms with van der Waals surface area (Å²) in [6.45, 7) is 3.68. The van der Waals surface area contributed by atoms with Crippen molar-refractivity contribution in [2.45, 2.75) is 51.0 Å². The Morgan fingerprint density at radius 3 is 2.71 bits per heavy atom. The maximum atomic E-state index is 3.81. The first kappa shape index (κ1) is 10.8. The summed E-state index contributed by atoms with van der Waals surface area (Å²) in [5.74, 6) is 3.74. The minimum Gasteiger partial charge on any atom is -0.311 e. The van der Waals surface area contributed by atoms with E-state index < -0.39 is 0 Å². The van der Waals surface area contributed by atoms with E-state index in [1.807, 2.05) is 0 Å². The predicted molar refractivity (Wildman–Crippen MR) is 64.9 cm³/mol. The minimum absolute atomic E-state index is 0.488. The molecule has 1 saturated carbocycles. The van der Waals surface area contributed by atoms with Crippen molar-refractivity contribution < 1.29 is 0 Å². The van der Waals surface area contributed by atoms with Crippen LogP contribution in [-0.2, 0) is 0 Å². The van der Waals surface area contributed by atoms with Crippen LogP contribution >= 0.6 is 11.8 Å². The highest BCUT2D eigenvalue weighted by Gasteiger charge is 2.28. The van der Waals surface area contributed by atoms with Gasteiger partial charge < -0.3 is 5.32 Å². The Labute approximate surface area is 92.4 Å². The molecule has 1 atom stereocenters. The van der Waals surface area contributed by atoms with Gasteiger partial charge in [-0.15, -0.1) is 0 Å². The third-order valence-electron chi connectivity index (χ3n) is 3.78. The predicted octanol–water partition coefficient (Wildman–Crippen LogP) is 3.05. The van der Waals surface area contributed by atoms with Gasteiger partial charge in [0.1, 0.15) is 0 Å². The summed E-state index contributed by atoms with van der Waals surface area (Å²) in [7, 11) is 0. The fraction of sp³-hybridized carbons (Fsp3) is 1.00. The van der Waals surface area contributed by atoms with Gasteiger partial charge >= 0.3 is 0 Å². The average molecular weight is 213 g/mol. The van der Waals surface area contributed by atoms with Crippen molar-refractivity contribution in [1.82, 2.24) is 5.32 Å². The molecule has 2 heteroatoms. The van der Waals surface area contributed by atoms with Crippen molar-refractivity contribution in [1.29, 1.82) is 0 Å². The molecule has 0 aromatic heterocycles. The van der Waals surface area contributed by atoms with E-state index in [0.717, 1.165) is 5.92 Å². The van der Waals surface area contributed by atoms with Crippen LogP contribution in [0.15, 0.2) is 0 Å². The standard InChI is InChI=1S/C12H23NS/c1-12(6-2-3-7-12)13-9-11-5-4-8-14-10-11/h11,13H,2-10H2,1H3. The van der Waals surface area contributed by atoms with E-state index >= 15 is 0 Å². The van der Waals surface area contributed by atoms with Crippen LogP contribution in [-0.4, -0.2) is 23.6 Å². The molecule has 0 radical (unpaired) electrons. The van der Waals surface area contributed by atoms with Crippen LogP contribution in [0, 0.1) is 5.92 Å². The summed E-state index contributed by atoms with van der Waals surface area (Å²) in [6.07, 6.45) is 8.55. The number of hydrogen-bond acceptors (Lipinski definition) is 2. The first-order chi connectivity index (χ1) is 6.79. The maximum Gasteiger partial charge on any atom is 0.0153 e. The summed E-state index contributed by atoms with van der Waals surface area (Å²) in [5.41, 5.74) is 0.488. The highest BCUT2D eigenvalue weighted by atomic mass is 32.2. The van der Waals surface area contributed by atoms with Gasteiger partial charge in [-0.3, -0.25) is 0 Å². The molecule has 1 unspecified atom stereocenters. The highest BCUT2D eigenvalue weighted by molar-refractivity contribution is 7.99. The van der Waals surface area contributed by atoms with E-state index in [-0.39, 0.29) is 0 Å². The second kappa shape index (κ2) is 4.89. The lowest BCUT2D eigenvalue weighted by molar-refractivity contribution is 0.330. The average Bonchev–Trinajstić information content (AvgIpc) is 2.65. The second-order valence-corrected chi connectivity index (χ2v) is 6.38. The van der Waals surface area contributed by atoms with Crippen molar-refractivity contribution in [3.05, 3.63) is 0 Å². The van der Waals surface area contributed by atoms with Crippen LogP contribution in [0.3, 0.4) is 0 Å². The molecule has 0 bridgehead atoms. The van der Waals surface area contributed by atoms with E-state index in [9.17, 15) is 0 Å². The number of hydrogen-bond donors (Lipinski definition) is 1. The molecule has 1 N–H and O–H groups in total. The van der Waals surface area contributed by atoms with Gasteiger partial charge in [0.05, 0.1) is 0 Å². The van der Waals surface area contributed by atoms with E-state index in [1.54, 1.807) is 0 Å². The Balaban J connectivity index is 1.70. The van der Waals surface area contributed by atoms with E-state index in [1.165, 1.54) is 56.6 Å². The SMILES string of the molecule is CC1(NCC2CCCSC2)CCCC1. The number of rotatable bonds is 3. The van der Waals surface area contributed by atoms with Crippen molar-refractivity contribution in [3.63, 3.8) is 0 Å². The van der Waals surface area contributed by atoms with Crippen LogP contribution in [0.1, 0.15) is 45.4 Å². The third kappa shape index (κ3) is 2.90. The Morgan fingerprint density at radius 1 is 1.29 bits per heavy atom. The zero-order valence-corrected chi connectivity index (χ0v) is 10.2. The second-order valence-electron chi connectivity index (χ2n) is 5.23. The first-order valence-electron chi connectivity index (χ1n) is 6.11. The summed E-state index contributed by atoms with van der Waals surface area (Å²) >= 11 is 2.14. The van der Waals surface area contributed by atoms with Gasteiger partial charge in [0.15, 0.2) is 0 Å². The van der Waals surface area contributed by atoms with Crippen LogP contribution < -0.4 is 5.32 Å². The van der Waals surface area contributed by atoms with Crippen molar-refractivity contribution in [2.75, 3.05) is 18.1 Å². The fourth-order valence-electron chi connectivity index (χ4n) is 2.69. The van der Waals surface area contributed by atoms with Gasteiger partial charge in [-0.1, -0.05) is 12.8 Å². The fourth-order valence-corrected chi connectivity index (χ4v) is 3.85. The van der Waals surface area contributed by atoms with Crippen LogP contribution in [0.25, 0.3) is 0 Å². The molecule has 1 aliphatic carbocycles. The van der Waals surface area contributed by atoms with E-state index in [4.69, 9.17) is 0 Å². The molecule has 2 rings (SSSR count). The Morgan fingerprint density at radius 2 is 2.07 bits per heavy atom. The van der Waals surface area contributed by atoms with Crippen molar-refractivity contribution in [2.24, 2.45) is 5.92 Å². The molecule has 0 amide bonds. The monoisotopic (exact) mass is 213 g/mol. The lowest BCUT2D eigenvalue weighted by Crippen LogP contribution is -2.43. The molecule has 2 fully saturated rings. The molecular weight excluding hydrogens is 190 g/mol. The van der Waals surface area contributed by atoms with Crippen LogP contribution in [0.5, 0.6) is 0 Å². The Hall–Kier alpha value is 0.310. The quantitative estimate of drug-likeness (QED) is 0.773. The van der Waals surface area contributed by atoms with Gasteiger partial charge in [0.25, 0.3) is 0 Å².